The fourth-order valence-electron chi connectivity index (χ4n) is 3.02. The standard InChI is InChI=1S/C20H46N2O5Si4/c1-13-19(23)22(17-15-20(24)21(2)3)16-14-18-31(25-28(4,5)6,26-29(7,8)9)27-30(10,11)12/h13H,1,14-18H2,2-12H3. The van der Waals surface area contributed by atoms with Gasteiger partial charge in [0.15, 0.2) is 25.0 Å². The van der Waals surface area contributed by atoms with E-state index in [1.54, 1.807) is 23.9 Å². The van der Waals surface area contributed by atoms with E-state index in [1.165, 1.54) is 6.08 Å². The lowest BCUT2D eigenvalue weighted by atomic mass is 10.3. The highest BCUT2D eigenvalue weighted by Gasteiger charge is 2.49. The molecular weight excluding hydrogens is 461 g/mol. The van der Waals surface area contributed by atoms with E-state index in [9.17, 15) is 9.59 Å². The molecule has 0 atom stereocenters. The van der Waals surface area contributed by atoms with E-state index >= 15 is 0 Å². The van der Waals surface area contributed by atoms with Gasteiger partial charge in [0.2, 0.25) is 11.8 Å². The number of amides is 2. The van der Waals surface area contributed by atoms with E-state index < -0.39 is 33.8 Å². The molecule has 0 saturated carbocycles. The van der Waals surface area contributed by atoms with Gasteiger partial charge in [-0.15, -0.1) is 0 Å². The molecule has 0 fully saturated rings. The number of nitrogens with zero attached hydrogens (tertiary/aromatic N) is 2. The number of hydrogen-bond acceptors (Lipinski definition) is 5. The van der Waals surface area contributed by atoms with Crippen molar-refractivity contribution in [2.75, 3.05) is 27.2 Å². The molecule has 0 rings (SSSR count). The minimum atomic E-state index is -2.93. The molecule has 0 N–H and O–H groups in total. The van der Waals surface area contributed by atoms with E-state index in [2.05, 4.69) is 65.5 Å². The highest BCUT2D eigenvalue weighted by molar-refractivity contribution is 6.90. The highest BCUT2D eigenvalue weighted by Crippen LogP contribution is 2.30. The molecule has 0 saturated heterocycles. The minimum Gasteiger partial charge on any atom is -0.417 e. The third-order valence-corrected chi connectivity index (χ3v) is 15.9. The molecule has 31 heavy (non-hydrogen) atoms. The van der Waals surface area contributed by atoms with Crippen LogP contribution in [0.5, 0.6) is 0 Å². The van der Waals surface area contributed by atoms with Gasteiger partial charge in [-0.2, -0.15) is 0 Å². The lowest BCUT2D eigenvalue weighted by Crippen LogP contribution is -2.60. The van der Waals surface area contributed by atoms with Crippen LogP contribution in [0.15, 0.2) is 12.7 Å². The quantitative estimate of drug-likeness (QED) is 0.259. The van der Waals surface area contributed by atoms with Crippen molar-refractivity contribution in [3.05, 3.63) is 12.7 Å². The summed E-state index contributed by atoms with van der Waals surface area (Å²) in [6, 6.07) is 0.661. The number of hydrogen-bond donors (Lipinski definition) is 0. The molecule has 0 aliphatic heterocycles. The molecule has 7 nitrogen and oxygen atoms in total. The van der Waals surface area contributed by atoms with Gasteiger partial charge in [-0.25, -0.2) is 0 Å². The lowest BCUT2D eigenvalue weighted by molar-refractivity contribution is -0.130. The van der Waals surface area contributed by atoms with Crippen LogP contribution in [0.25, 0.3) is 0 Å². The zero-order chi connectivity index (χ0) is 24.7. The Morgan fingerprint density at radius 1 is 0.806 bits per heavy atom. The predicted molar refractivity (Wildman–Crippen MR) is 139 cm³/mol. The van der Waals surface area contributed by atoms with Crippen molar-refractivity contribution in [3.8, 4) is 0 Å². The van der Waals surface area contributed by atoms with Crippen LogP contribution >= 0.6 is 0 Å². The Balaban J connectivity index is 5.57. The van der Waals surface area contributed by atoms with Crippen molar-refractivity contribution in [1.82, 2.24) is 9.80 Å². The van der Waals surface area contributed by atoms with Gasteiger partial charge >= 0.3 is 8.80 Å². The zero-order valence-corrected chi connectivity index (χ0v) is 25.8. The Kier molecular flexibility index (Phi) is 11.8. The van der Waals surface area contributed by atoms with Crippen molar-refractivity contribution in [1.29, 1.82) is 0 Å². The van der Waals surface area contributed by atoms with E-state index in [1.807, 2.05) is 0 Å². The number of carbonyl (C=O) groups is 2. The third-order valence-electron chi connectivity index (χ3n) is 3.88. The van der Waals surface area contributed by atoms with Gasteiger partial charge in [-0.3, -0.25) is 9.59 Å². The Morgan fingerprint density at radius 3 is 1.55 bits per heavy atom. The first-order valence-corrected chi connectivity index (χ1v) is 23.2. The van der Waals surface area contributed by atoms with Crippen molar-refractivity contribution in [3.63, 3.8) is 0 Å². The zero-order valence-electron chi connectivity index (χ0n) is 21.8. The number of rotatable bonds is 14. The first-order valence-electron chi connectivity index (χ1n) is 11.0. The number of carbonyl (C=O) groups excluding carboxylic acids is 2. The van der Waals surface area contributed by atoms with Crippen molar-refractivity contribution in [2.45, 2.75) is 77.8 Å². The Morgan fingerprint density at radius 2 is 1.23 bits per heavy atom. The van der Waals surface area contributed by atoms with E-state index in [4.69, 9.17) is 12.3 Å². The minimum absolute atomic E-state index is 0.00298. The maximum atomic E-state index is 12.4. The van der Waals surface area contributed by atoms with E-state index in [0.717, 1.165) is 0 Å². The topological polar surface area (TPSA) is 68.3 Å². The second-order valence-corrected chi connectivity index (χ2v) is 28.0. The van der Waals surface area contributed by atoms with Crippen LogP contribution in [0.1, 0.15) is 12.8 Å². The van der Waals surface area contributed by atoms with Gasteiger partial charge in [0, 0.05) is 39.6 Å². The molecule has 0 aliphatic rings. The highest BCUT2D eigenvalue weighted by atomic mass is 28.5. The lowest BCUT2D eigenvalue weighted by Gasteiger charge is -2.43. The maximum Gasteiger partial charge on any atom is 0.469 e. The van der Waals surface area contributed by atoms with Crippen molar-refractivity contribution < 1.29 is 21.9 Å². The average molecular weight is 507 g/mol. The van der Waals surface area contributed by atoms with Gasteiger partial charge in [-0.05, 0) is 71.4 Å². The van der Waals surface area contributed by atoms with Crippen LogP contribution in [0, 0.1) is 0 Å². The Bertz CT molecular complexity index is 569. The largest absolute Gasteiger partial charge is 0.469 e. The second-order valence-electron chi connectivity index (χ2n) is 11.0. The molecule has 0 aromatic rings. The summed E-state index contributed by atoms with van der Waals surface area (Å²) in [5.41, 5.74) is 0. The summed E-state index contributed by atoms with van der Waals surface area (Å²) in [5, 5.41) is 0. The molecule has 0 aliphatic carbocycles. The first-order chi connectivity index (χ1) is 13.8. The van der Waals surface area contributed by atoms with Crippen LogP contribution < -0.4 is 0 Å². The molecule has 0 unspecified atom stereocenters. The van der Waals surface area contributed by atoms with Crippen LogP contribution in [-0.4, -0.2) is 82.6 Å². The Labute approximate surface area is 194 Å². The summed E-state index contributed by atoms with van der Waals surface area (Å²) in [6.45, 7) is 24.0. The Hall–Kier alpha value is -0.572. The van der Waals surface area contributed by atoms with Crippen molar-refractivity contribution in [2.24, 2.45) is 0 Å². The molecule has 0 aromatic heterocycles. The summed E-state index contributed by atoms with van der Waals surface area (Å²) in [7, 11) is -5.29. The summed E-state index contributed by atoms with van der Waals surface area (Å²) in [6.07, 6.45) is 2.29. The van der Waals surface area contributed by atoms with Crippen LogP contribution in [0.4, 0.5) is 0 Å². The van der Waals surface area contributed by atoms with Gasteiger partial charge in [0.05, 0.1) is 0 Å². The van der Waals surface area contributed by atoms with Crippen LogP contribution in [0.2, 0.25) is 65.0 Å². The third kappa shape index (κ3) is 14.2. The van der Waals surface area contributed by atoms with Gasteiger partial charge in [-0.1, -0.05) is 6.58 Å². The molecule has 0 heterocycles. The monoisotopic (exact) mass is 506 g/mol. The molecule has 0 bridgehead atoms. The molecule has 0 radical (unpaired) electrons. The van der Waals surface area contributed by atoms with Crippen molar-refractivity contribution >= 4 is 45.6 Å². The molecule has 0 spiro atoms. The second kappa shape index (κ2) is 12.0. The average Bonchev–Trinajstić information content (AvgIpc) is 2.51. The predicted octanol–water partition coefficient (Wildman–Crippen LogP) is 4.36. The molecular formula is C20H46N2O5Si4. The summed E-state index contributed by atoms with van der Waals surface area (Å²) >= 11 is 0. The fraction of sp³-hybridized carbons (Fsp3) is 0.800. The molecule has 0 aromatic carbocycles. The van der Waals surface area contributed by atoms with E-state index in [0.29, 0.717) is 25.6 Å². The summed E-state index contributed by atoms with van der Waals surface area (Å²) in [5.74, 6) is -0.168. The summed E-state index contributed by atoms with van der Waals surface area (Å²) in [4.78, 5) is 27.6. The van der Waals surface area contributed by atoms with Gasteiger partial charge in [0.25, 0.3) is 0 Å². The van der Waals surface area contributed by atoms with Crippen LogP contribution in [0.3, 0.4) is 0 Å². The normalized spacial score (nSPS) is 13.1. The molecule has 182 valence electrons. The van der Waals surface area contributed by atoms with Gasteiger partial charge in [0.1, 0.15) is 0 Å². The maximum absolute atomic E-state index is 12.4. The van der Waals surface area contributed by atoms with E-state index in [-0.39, 0.29) is 18.2 Å². The SMILES string of the molecule is C=CC(=O)N(CCC[Si](O[Si](C)(C)C)(O[Si](C)(C)C)O[Si](C)(C)C)CCC(=O)N(C)C. The smallest absolute Gasteiger partial charge is 0.417 e. The molecule has 11 heteroatoms. The summed E-state index contributed by atoms with van der Waals surface area (Å²) < 4.78 is 20.1. The van der Waals surface area contributed by atoms with Crippen LogP contribution in [-0.2, 0) is 21.9 Å². The fourth-order valence-corrected chi connectivity index (χ4v) is 17.7. The molecule has 2 amide bonds. The first kappa shape index (κ1) is 30.4. The van der Waals surface area contributed by atoms with Gasteiger partial charge < -0.3 is 22.1 Å².